The van der Waals surface area contributed by atoms with Gasteiger partial charge in [0, 0.05) is 25.6 Å². The number of nitrogen functional groups attached to an aromatic ring is 1. The molecule has 0 aliphatic carbocycles. The van der Waals surface area contributed by atoms with E-state index in [-0.39, 0.29) is 12.6 Å². The lowest BCUT2D eigenvalue weighted by atomic mass is 10.2. The maximum Gasteiger partial charge on any atom is 0.348 e. The van der Waals surface area contributed by atoms with Crippen molar-refractivity contribution < 1.29 is 9.53 Å². The molecule has 19 heavy (non-hydrogen) atoms. The molecular weight excluding hydrogens is 350 g/mol. The van der Waals surface area contributed by atoms with Gasteiger partial charge in [0.1, 0.15) is 11.5 Å². The fraction of sp³-hybridized carbons (Fsp3) is 0.154. The minimum atomic E-state index is -0.385. The monoisotopic (exact) mass is 359 g/mol. The van der Waals surface area contributed by atoms with Crippen molar-refractivity contribution in [1.29, 1.82) is 0 Å². The van der Waals surface area contributed by atoms with Crippen molar-refractivity contribution in [1.82, 2.24) is 0 Å². The van der Waals surface area contributed by atoms with Crippen LogP contribution in [0.5, 0.6) is 0 Å². The number of hydrogen-bond donors (Lipinski definition) is 1. The summed E-state index contributed by atoms with van der Waals surface area (Å²) in [6.07, 6.45) is 0. The summed E-state index contributed by atoms with van der Waals surface area (Å²) in [5, 5.41) is 0.559. The van der Waals surface area contributed by atoms with Gasteiger partial charge in [-0.1, -0.05) is 33.6 Å². The molecule has 100 valence electrons. The normalized spacial score (nSPS) is 10.5. The summed E-state index contributed by atoms with van der Waals surface area (Å²) >= 11 is 10.7. The summed E-state index contributed by atoms with van der Waals surface area (Å²) in [4.78, 5) is 13.3. The number of rotatable bonds is 3. The fourth-order valence-electron chi connectivity index (χ4n) is 1.45. The smallest absolute Gasteiger partial charge is 0.348 e. The third-order valence-corrected chi connectivity index (χ3v) is 4.42. The standard InChI is InChI=1S/C13H11BrClNO2S/c1-7-11(16)5-12(19-7)13(17)18-6-8-2-3-9(14)4-10(8)15/h2-5H,6,16H2,1H3. The second kappa shape index (κ2) is 5.94. The number of nitrogens with two attached hydrogens (primary N) is 1. The van der Waals surface area contributed by atoms with E-state index in [4.69, 9.17) is 22.1 Å². The van der Waals surface area contributed by atoms with Crippen LogP contribution in [0.15, 0.2) is 28.7 Å². The molecule has 2 rings (SSSR count). The van der Waals surface area contributed by atoms with Crippen molar-refractivity contribution in [3.8, 4) is 0 Å². The van der Waals surface area contributed by atoms with Crippen LogP contribution in [0.1, 0.15) is 20.1 Å². The molecule has 2 aromatic rings. The Morgan fingerprint density at radius 2 is 2.21 bits per heavy atom. The lowest BCUT2D eigenvalue weighted by Crippen LogP contribution is -2.03. The average molecular weight is 361 g/mol. The van der Waals surface area contributed by atoms with Crippen LogP contribution in [0.3, 0.4) is 0 Å². The van der Waals surface area contributed by atoms with Gasteiger partial charge in [-0.25, -0.2) is 4.79 Å². The quantitative estimate of drug-likeness (QED) is 0.825. The van der Waals surface area contributed by atoms with E-state index in [0.717, 1.165) is 14.9 Å². The highest BCUT2D eigenvalue weighted by Crippen LogP contribution is 2.25. The zero-order valence-corrected chi connectivity index (χ0v) is 13.2. The van der Waals surface area contributed by atoms with Gasteiger partial charge < -0.3 is 10.5 Å². The number of thiophene rings is 1. The maximum atomic E-state index is 11.8. The predicted molar refractivity (Wildman–Crippen MR) is 81.7 cm³/mol. The van der Waals surface area contributed by atoms with Crippen LogP contribution in [0.25, 0.3) is 0 Å². The first-order valence-electron chi connectivity index (χ1n) is 5.44. The lowest BCUT2D eigenvalue weighted by Gasteiger charge is -2.05. The molecule has 0 unspecified atom stereocenters. The second-order valence-electron chi connectivity index (χ2n) is 3.93. The molecule has 6 heteroatoms. The first-order valence-corrected chi connectivity index (χ1v) is 7.43. The second-order valence-corrected chi connectivity index (χ2v) is 6.51. The number of anilines is 1. The van der Waals surface area contributed by atoms with Crippen molar-refractivity contribution in [3.63, 3.8) is 0 Å². The van der Waals surface area contributed by atoms with E-state index in [0.29, 0.717) is 15.6 Å². The van der Waals surface area contributed by atoms with Gasteiger partial charge >= 0.3 is 5.97 Å². The maximum absolute atomic E-state index is 11.8. The molecule has 0 radical (unpaired) electrons. The van der Waals surface area contributed by atoms with E-state index >= 15 is 0 Å². The highest BCUT2D eigenvalue weighted by molar-refractivity contribution is 9.10. The van der Waals surface area contributed by atoms with Gasteiger partial charge in [0.15, 0.2) is 0 Å². The highest BCUT2D eigenvalue weighted by Gasteiger charge is 2.13. The summed E-state index contributed by atoms with van der Waals surface area (Å²) in [7, 11) is 0. The summed E-state index contributed by atoms with van der Waals surface area (Å²) in [5.41, 5.74) is 7.08. The Labute approximate surface area is 128 Å². The van der Waals surface area contributed by atoms with Crippen LogP contribution in [-0.2, 0) is 11.3 Å². The molecule has 1 aromatic heterocycles. The van der Waals surface area contributed by atoms with Gasteiger partial charge in [0.2, 0.25) is 0 Å². The number of halogens is 2. The lowest BCUT2D eigenvalue weighted by molar-refractivity contribution is 0.0478. The molecule has 0 amide bonds. The van der Waals surface area contributed by atoms with E-state index in [1.54, 1.807) is 12.1 Å². The largest absolute Gasteiger partial charge is 0.457 e. The average Bonchev–Trinajstić information content (AvgIpc) is 2.68. The molecule has 0 spiro atoms. The summed E-state index contributed by atoms with van der Waals surface area (Å²) in [5.74, 6) is -0.385. The summed E-state index contributed by atoms with van der Waals surface area (Å²) in [6, 6.07) is 7.06. The molecule has 0 saturated carbocycles. The minimum Gasteiger partial charge on any atom is -0.457 e. The Morgan fingerprint density at radius 1 is 1.47 bits per heavy atom. The molecule has 0 aliphatic heterocycles. The van der Waals surface area contributed by atoms with Crippen LogP contribution in [0.2, 0.25) is 5.02 Å². The van der Waals surface area contributed by atoms with Gasteiger partial charge in [-0.3, -0.25) is 0 Å². The van der Waals surface area contributed by atoms with Gasteiger partial charge in [0.25, 0.3) is 0 Å². The van der Waals surface area contributed by atoms with E-state index in [2.05, 4.69) is 15.9 Å². The molecule has 1 heterocycles. The molecule has 0 saturated heterocycles. The van der Waals surface area contributed by atoms with Crippen molar-refractivity contribution in [2.24, 2.45) is 0 Å². The molecule has 0 fully saturated rings. The molecule has 0 aliphatic rings. The zero-order valence-electron chi connectivity index (χ0n) is 10.1. The van der Waals surface area contributed by atoms with Gasteiger partial charge in [-0.2, -0.15) is 0 Å². The van der Waals surface area contributed by atoms with Crippen LogP contribution in [0, 0.1) is 6.92 Å². The van der Waals surface area contributed by atoms with Crippen LogP contribution < -0.4 is 5.73 Å². The van der Waals surface area contributed by atoms with E-state index < -0.39 is 0 Å². The van der Waals surface area contributed by atoms with Gasteiger partial charge in [-0.05, 0) is 25.1 Å². The number of benzene rings is 1. The number of ether oxygens (including phenoxy) is 1. The first-order chi connectivity index (χ1) is 8.97. The third kappa shape index (κ3) is 3.49. The number of carbonyl (C=O) groups excluding carboxylic acids is 1. The first kappa shape index (κ1) is 14.4. The molecule has 1 aromatic carbocycles. The van der Waals surface area contributed by atoms with E-state index in [9.17, 15) is 4.79 Å². The SMILES string of the molecule is Cc1sc(C(=O)OCc2ccc(Br)cc2Cl)cc1N. The number of esters is 1. The van der Waals surface area contributed by atoms with Crippen LogP contribution in [0.4, 0.5) is 5.69 Å². The molecule has 0 atom stereocenters. The molecule has 0 bridgehead atoms. The van der Waals surface area contributed by atoms with Crippen LogP contribution >= 0.6 is 38.9 Å². The number of hydrogen-bond acceptors (Lipinski definition) is 4. The van der Waals surface area contributed by atoms with Crippen molar-refractivity contribution in [2.45, 2.75) is 13.5 Å². The topological polar surface area (TPSA) is 52.3 Å². The van der Waals surface area contributed by atoms with Crippen molar-refractivity contribution in [2.75, 3.05) is 5.73 Å². The summed E-state index contributed by atoms with van der Waals surface area (Å²) < 4.78 is 6.10. The molecule has 2 N–H and O–H groups in total. The zero-order chi connectivity index (χ0) is 14.0. The Bertz CT molecular complexity index is 608. The van der Waals surface area contributed by atoms with Crippen molar-refractivity contribution >= 4 is 50.5 Å². The van der Waals surface area contributed by atoms with Crippen LogP contribution in [-0.4, -0.2) is 5.97 Å². The fourth-order valence-corrected chi connectivity index (χ4v) is 3.01. The number of carbonyl (C=O) groups is 1. The Hall–Kier alpha value is -1.04. The highest BCUT2D eigenvalue weighted by atomic mass is 79.9. The predicted octanol–water partition coefficient (Wildman–Crippen LogP) is 4.41. The van der Waals surface area contributed by atoms with E-state index in [1.807, 2.05) is 19.1 Å². The molecular formula is C13H11BrClNO2S. The summed E-state index contributed by atoms with van der Waals surface area (Å²) in [6.45, 7) is 2.00. The van der Waals surface area contributed by atoms with Crippen molar-refractivity contribution in [3.05, 3.63) is 49.1 Å². The Morgan fingerprint density at radius 3 is 2.79 bits per heavy atom. The minimum absolute atomic E-state index is 0.141. The molecule has 3 nitrogen and oxygen atoms in total. The van der Waals surface area contributed by atoms with E-state index in [1.165, 1.54) is 11.3 Å². The third-order valence-electron chi connectivity index (χ3n) is 2.53. The van der Waals surface area contributed by atoms with Gasteiger partial charge in [0.05, 0.1) is 0 Å². The Balaban J connectivity index is 2.04. The Kier molecular flexibility index (Phi) is 4.50. The van der Waals surface area contributed by atoms with Gasteiger partial charge in [-0.15, -0.1) is 11.3 Å². The number of aryl methyl sites for hydroxylation is 1.